The van der Waals surface area contributed by atoms with Crippen LogP contribution < -0.4 is 5.32 Å². The van der Waals surface area contributed by atoms with Gasteiger partial charge in [0.1, 0.15) is 11.1 Å². The lowest BCUT2D eigenvalue weighted by atomic mass is 10.1. The third-order valence-corrected chi connectivity index (χ3v) is 6.38. The first-order valence-electron chi connectivity index (χ1n) is 8.67. The van der Waals surface area contributed by atoms with Crippen molar-refractivity contribution in [3.05, 3.63) is 96.1 Å². The third kappa shape index (κ3) is 4.80. The Balaban J connectivity index is 1.82. The molecule has 1 heterocycles. The van der Waals surface area contributed by atoms with Crippen LogP contribution in [0.1, 0.15) is 16.4 Å². The number of amides is 1. The summed E-state index contributed by atoms with van der Waals surface area (Å²) < 4.78 is 39.4. The number of nitrogens with zero attached hydrogens (tertiary/aromatic N) is 1. The van der Waals surface area contributed by atoms with Crippen LogP contribution in [0, 0.1) is 5.82 Å². The summed E-state index contributed by atoms with van der Waals surface area (Å²) in [6.07, 6.45) is 3.14. The van der Waals surface area contributed by atoms with E-state index in [1.807, 2.05) is 30.3 Å². The number of rotatable bonds is 7. The molecule has 0 aliphatic carbocycles. The van der Waals surface area contributed by atoms with E-state index in [9.17, 15) is 17.6 Å². The summed E-state index contributed by atoms with van der Waals surface area (Å²) in [5.74, 6) is -0.803. The van der Waals surface area contributed by atoms with Gasteiger partial charge in [-0.05, 0) is 41.5 Å². The molecule has 5 nitrogen and oxygen atoms in total. The van der Waals surface area contributed by atoms with Crippen molar-refractivity contribution in [3.8, 4) is 0 Å². The van der Waals surface area contributed by atoms with Gasteiger partial charge in [-0.25, -0.2) is 12.8 Å². The summed E-state index contributed by atoms with van der Waals surface area (Å²) in [5.41, 5.74) is 1.28. The van der Waals surface area contributed by atoms with Gasteiger partial charge in [-0.3, -0.25) is 9.78 Å². The fraction of sp³-hybridized carbons (Fsp3) is 0.143. The van der Waals surface area contributed by atoms with E-state index < -0.39 is 20.9 Å². The molecule has 0 aliphatic rings. The predicted molar refractivity (Wildman–Crippen MR) is 104 cm³/mol. The number of halogens is 1. The molecule has 0 radical (unpaired) electrons. The average molecular weight is 398 g/mol. The topological polar surface area (TPSA) is 76.1 Å². The van der Waals surface area contributed by atoms with E-state index in [4.69, 9.17) is 0 Å². The van der Waals surface area contributed by atoms with Crippen LogP contribution >= 0.6 is 0 Å². The fourth-order valence-corrected chi connectivity index (χ4v) is 4.46. The first kappa shape index (κ1) is 19.7. The molecule has 28 heavy (non-hydrogen) atoms. The molecule has 3 aromatic rings. The van der Waals surface area contributed by atoms with Gasteiger partial charge >= 0.3 is 0 Å². The highest BCUT2D eigenvalue weighted by Crippen LogP contribution is 2.28. The van der Waals surface area contributed by atoms with Gasteiger partial charge in [0.25, 0.3) is 0 Å². The van der Waals surface area contributed by atoms with Crippen molar-refractivity contribution in [1.82, 2.24) is 10.3 Å². The third-order valence-electron chi connectivity index (χ3n) is 4.27. The van der Waals surface area contributed by atoms with Gasteiger partial charge < -0.3 is 5.32 Å². The zero-order valence-corrected chi connectivity index (χ0v) is 15.8. The maximum Gasteiger partial charge on any atom is 0.224 e. The molecule has 7 heteroatoms. The molecule has 1 N–H and O–H groups in total. The van der Waals surface area contributed by atoms with E-state index >= 15 is 0 Å². The van der Waals surface area contributed by atoms with E-state index in [0.29, 0.717) is 5.56 Å². The average Bonchev–Trinajstić information content (AvgIpc) is 2.70. The summed E-state index contributed by atoms with van der Waals surface area (Å²) in [4.78, 5) is 16.3. The SMILES string of the molecule is O=C(Cc1ccccc1)NC[C@H](c1cccnc1)S(=O)(=O)c1ccc(F)cc1. The second-order valence-electron chi connectivity index (χ2n) is 6.24. The van der Waals surface area contributed by atoms with Crippen molar-refractivity contribution in [1.29, 1.82) is 0 Å². The summed E-state index contributed by atoms with van der Waals surface area (Å²) in [5, 5.41) is 1.66. The number of sulfone groups is 1. The first-order valence-corrected chi connectivity index (χ1v) is 10.2. The summed E-state index contributed by atoms with van der Waals surface area (Å²) in [6.45, 7) is -0.114. The lowest BCUT2D eigenvalue weighted by molar-refractivity contribution is -0.120. The number of nitrogens with one attached hydrogen (secondary N) is 1. The normalized spacial score (nSPS) is 12.3. The van der Waals surface area contributed by atoms with E-state index in [2.05, 4.69) is 10.3 Å². The van der Waals surface area contributed by atoms with Crippen LogP contribution in [0.5, 0.6) is 0 Å². The van der Waals surface area contributed by atoms with Crippen LogP contribution in [-0.2, 0) is 21.1 Å². The predicted octanol–water partition coefficient (Wildman–Crippen LogP) is 3.09. The number of benzene rings is 2. The molecule has 1 amide bonds. The van der Waals surface area contributed by atoms with Crippen LogP contribution in [0.2, 0.25) is 0 Å². The molecule has 0 unspecified atom stereocenters. The van der Waals surface area contributed by atoms with Crippen LogP contribution in [-0.4, -0.2) is 25.9 Å². The van der Waals surface area contributed by atoms with Crippen molar-refractivity contribution in [3.63, 3.8) is 0 Å². The van der Waals surface area contributed by atoms with Crippen molar-refractivity contribution >= 4 is 15.7 Å². The Morgan fingerprint density at radius 1 is 1.00 bits per heavy atom. The maximum absolute atomic E-state index is 13.2. The van der Waals surface area contributed by atoms with E-state index in [1.54, 1.807) is 18.3 Å². The van der Waals surface area contributed by atoms with Crippen molar-refractivity contribution in [2.45, 2.75) is 16.6 Å². The zero-order valence-electron chi connectivity index (χ0n) is 15.0. The van der Waals surface area contributed by atoms with Crippen LogP contribution in [0.4, 0.5) is 4.39 Å². The van der Waals surface area contributed by atoms with Gasteiger partial charge in [-0.1, -0.05) is 36.4 Å². The lowest BCUT2D eigenvalue weighted by Crippen LogP contribution is -2.33. The van der Waals surface area contributed by atoms with E-state index in [0.717, 1.165) is 17.7 Å². The second-order valence-corrected chi connectivity index (χ2v) is 8.37. The standard InChI is InChI=1S/C21H19FN2O3S/c22-18-8-10-19(11-9-18)28(26,27)20(17-7-4-12-23-14-17)15-24-21(25)13-16-5-2-1-3-6-16/h1-12,14,20H,13,15H2,(H,24,25)/t20-/m1/s1. The van der Waals surface area contributed by atoms with Crippen LogP contribution in [0.25, 0.3) is 0 Å². The minimum atomic E-state index is -3.86. The Bertz CT molecular complexity index is 1020. The molecule has 144 valence electrons. The molecule has 1 atom stereocenters. The van der Waals surface area contributed by atoms with Crippen molar-refractivity contribution < 1.29 is 17.6 Å². The number of pyridine rings is 1. The lowest BCUT2D eigenvalue weighted by Gasteiger charge is -2.19. The minimum absolute atomic E-state index is 0.0138. The quantitative estimate of drug-likeness (QED) is 0.621. The zero-order chi connectivity index (χ0) is 20.0. The Morgan fingerprint density at radius 3 is 2.36 bits per heavy atom. The highest BCUT2D eigenvalue weighted by atomic mass is 32.2. The number of hydrogen-bond donors (Lipinski definition) is 1. The van der Waals surface area contributed by atoms with Gasteiger partial charge in [0.05, 0.1) is 11.3 Å². The summed E-state index contributed by atoms with van der Waals surface area (Å²) >= 11 is 0. The smallest absolute Gasteiger partial charge is 0.224 e. The Hall–Kier alpha value is -3.06. The van der Waals surface area contributed by atoms with Crippen LogP contribution in [0.3, 0.4) is 0 Å². The molecular weight excluding hydrogens is 379 g/mol. The minimum Gasteiger partial charge on any atom is -0.354 e. The highest BCUT2D eigenvalue weighted by molar-refractivity contribution is 7.91. The van der Waals surface area contributed by atoms with Gasteiger partial charge in [-0.2, -0.15) is 0 Å². The molecule has 1 aromatic heterocycles. The van der Waals surface area contributed by atoms with E-state index in [1.165, 1.54) is 18.3 Å². The number of hydrogen-bond acceptors (Lipinski definition) is 4. The first-order chi connectivity index (χ1) is 13.5. The molecule has 0 saturated heterocycles. The van der Waals surface area contributed by atoms with Gasteiger partial charge in [-0.15, -0.1) is 0 Å². The second kappa shape index (κ2) is 8.75. The maximum atomic E-state index is 13.2. The summed E-state index contributed by atoms with van der Waals surface area (Å²) in [7, 11) is -3.86. The van der Waals surface area contributed by atoms with E-state index in [-0.39, 0.29) is 23.8 Å². The Morgan fingerprint density at radius 2 is 1.71 bits per heavy atom. The molecule has 0 fully saturated rings. The molecule has 2 aromatic carbocycles. The summed E-state index contributed by atoms with van der Waals surface area (Å²) in [6, 6.07) is 17.1. The monoisotopic (exact) mass is 398 g/mol. The molecule has 0 bridgehead atoms. The largest absolute Gasteiger partial charge is 0.354 e. The van der Waals surface area contributed by atoms with Gasteiger partial charge in [0.2, 0.25) is 5.91 Å². The van der Waals surface area contributed by atoms with Gasteiger partial charge in [0.15, 0.2) is 9.84 Å². The molecule has 0 aliphatic heterocycles. The van der Waals surface area contributed by atoms with Crippen molar-refractivity contribution in [2.24, 2.45) is 0 Å². The number of carbonyl (C=O) groups is 1. The number of carbonyl (C=O) groups excluding carboxylic acids is 1. The van der Waals surface area contributed by atoms with Crippen molar-refractivity contribution in [2.75, 3.05) is 6.54 Å². The number of aromatic nitrogens is 1. The Labute approximate surface area is 163 Å². The fourth-order valence-electron chi connectivity index (χ4n) is 2.81. The highest BCUT2D eigenvalue weighted by Gasteiger charge is 2.29. The molecule has 3 rings (SSSR count). The molecular formula is C21H19FN2O3S. The Kier molecular flexibility index (Phi) is 6.16. The van der Waals surface area contributed by atoms with Crippen LogP contribution in [0.15, 0.2) is 84.0 Å². The van der Waals surface area contributed by atoms with Gasteiger partial charge in [0, 0.05) is 18.9 Å². The molecule has 0 saturated carbocycles. The molecule has 0 spiro atoms.